The van der Waals surface area contributed by atoms with Crippen molar-refractivity contribution in [3.05, 3.63) is 52.8 Å². The minimum Gasteiger partial charge on any atom is -0.368 e. The second-order valence-electron chi connectivity index (χ2n) is 7.18. The van der Waals surface area contributed by atoms with E-state index in [1.807, 2.05) is 0 Å². The predicted molar refractivity (Wildman–Crippen MR) is 99.6 cm³/mol. The van der Waals surface area contributed by atoms with E-state index < -0.39 is 11.7 Å². The van der Waals surface area contributed by atoms with E-state index in [1.54, 1.807) is 17.9 Å². The third-order valence-corrected chi connectivity index (χ3v) is 5.18. The summed E-state index contributed by atoms with van der Waals surface area (Å²) in [5.41, 5.74) is 6.21. The molecule has 1 amide bonds. The van der Waals surface area contributed by atoms with E-state index in [-0.39, 0.29) is 17.8 Å². The fraction of sp³-hybridized carbons (Fsp3) is 0.450. The van der Waals surface area contributed by atoms with E-state index in [0.29, 0.717) is 42.8 Å². The number of hydrogen-bond acceptors (Lipinski definition) is 4. The molecule has 0 unspecified atom stereocenters. The molecule has 0 saturated carbocycles. The van der Waals surface area contributed by atoms with Gasteiger partial charge in [0.2, 0.25) is 5.95 Å². The van der Waals surface area contributed by atoms with Crippen molar-refractivity contribution in [3.63, 3.8) is 0 Å². The summed E-state index contributed by atoms with van der Waals surface area (Å²) in [7, 11) is 0. The number of aryl methyl sites for hydroxylation is 2. The molecule has 150 valence electrons. The van der Waals surface area contributed by atoms with E-state index >= 15 is 0 Å². The van der Waals surface area contributed by atoms with Gasteiger partial charge in [0.05, 0.1) is 16.8 Å². The van der Waals surface area contributed by atoms with Crippen LogP contribution in [0.4, 0.5) is 19.1 Å². The molecule has 1 aliphatic rings. The van der Waals surface area contributed by atoms with Crippen LogP contribution in [0, 0.1) is 12.8 Å². The summed E-state index contributed by atoms with van der Waals surface area (Å²) in [4.78, 5) is 22.5. The number of likely N-dealkylation sites (tertiary alicyclic amines) is 1. The molecule has 2 N–H and O–H groups in total. The molecule has 1 saturated heterocycles. The van der Waals surface area contributed by atoms with Crippen LogP contribution in [0.5, 0.6) is 0 Å². The molecule has 1 aromatic carbocycles. The Balaban J connectivity index is 1.65. The molecule has 0 bridgehead atoms. The van der Waals surface area contributed by atoms with Gasteiger partial charge in [0, 0.05) is 19.3 Å². The number of nitrogens with two attached hydrogens (primary N) is 1. The Kier molecular flexibility index (Phi) is 5.86. The first-order valence-electron chi connectivity index (χ1n) is 9.29. The van der Waals surface area contributed by atoms with Crippen LogP contribution in [0.25, 0.3) is 0 Å². The number of amides is 1. The maximum absolute atomic E-state index is 13.2. The maximum atomic E-state index is 13.2. The van der Waals surface area contributed by atoms with Gasteiger partial charge >= 0.3 is 6.18 Å². The number of hydrogen-bond donors (Lipinski definition) is 1. The first-order valence-corrected chi connectivity index (χ1v) is 9.29. The number of piperidine rings is 1. The normalized spacial score (nSPS) is 17.6. The zero-order valence-corrected chi connectivity index (χ0v) is 15.7. The van der Waals surface area contributed by atoms with Gasteiger partial charge < -0.3 is 10.6 Å². The van der Waals surface area contributed by atoms with Crippen LogP contribution >= 0.6 is 0 Å². The van der Waals surface area contributed by atoms with Gasteiger partial charge in [-0.05, 0) is 50.2 Å². The predicted octanol–water partition coefficient (Wildman–Crippen LogP) is 3.87. The van der Waals surface area contributed by atoms with Crippen LogP contribution in [0.2, 0.25) is 0 Å². The second-order valence-corrected chi connectivity index (χ2v) is 7.18. The fourth-order valence-corrected chi connectivity index (χ4v) is 3.72. The van der Waals surface area contributed by atoms with Gasteiger partial charge in [0.15, 0.2) is 0 Å². The lowest BCUT2D eigenvalue weighted by Gasteiger charge is -2.33. The summed E-state index contributed by atoms with van der Waals surface area (Å²) in [5.74, 6) is 0.126. The number of nitrogens with zero attached hydrogens (tertiary/aromatic N) is 3. The number of carbonyl (C=O) groups excluding carboxylic acids is 1. The quantitative estimate of drug-likeness (QED) is 0.857. The summed E-state index contributed by atoms with van der Waals surface area (Å²) in [5, 5.41) is 0. The first-order chi connectivity index (χ1) is 13.3. The van der Waals surface area contributed by atoms with E-state index in [4.69, 9.17) is 5.73 Å². The molecule has 0 aliphatic carbocycles. The summed E-state index contributed by atoms with van der Waals surface area (Å²) in [6.07, 6.45) is -0.247. The van der Waals surface area contributed by atoms with Gasteiger partial charge in [-0.3, -0.25) is 4.79 Å². The Morgan fingerprint density at radius 2 is 2.07 bits per heavy atom. The highest BCUT2D eigenvalue weighted by molar-refractivity contribution is 5.95. The van der Waals surface area contributed by atoms with Crippen molar-refractivity contribution < 1.29 is 18.0 Å². The molecule has 1 aliphatic heterocycles. The molecule has 3 rings (SSSR count). The molecule has 2 aromatic rings. The number of halogens is 3. The van der Waals surface area contributed by atoms with Gasteiger partial charge in [0.25, 0.3) is 5.91 Å². The monoisotopic (exact) mass is 392 g/mol. The minimum atomic E-state index is -4.35. The van der Waals surface area contributed by atoms with Crippen molar-refractivity contribution in [2.75, 3.05) is 18.8 Å². The molecular weight excluding hydrogens is 369 g/mol. The fourth-order valence-electron chi connectivity index (χ4n) is 3.72. The number of carbonyl (C=O) groups is 1. The number of anilines is 1. The summed E-state index contributed by atoms with van der Waals surface area (Å²) >= 11 is 0. The molecule has 2 heterocycles. The van der Waals surface area contributed by atoms with E-state index in [9.17, 15) is 18.0 Å². The standard InChI is InChI=1S/C20H23F3N4O/c1-13-16(11-25-19(24)26-13)18(28)27-10-4-5-14(12-27)8-9-15-6-2-3-7-17(15)20(21,22)23/h2-3,6-7,11,14H,4-5,8-10,12H2,1H3,(H2,24,25,26)/t14-/m0/s1. The lowest BCUT2D eigenvalue weighted by Crippen LogP contribution is -2.40. The Bertz CT molecular complexity index is 854. The highest BCUT2D eigenvalue weighted by atomic mass is 19.4. The van der Waals surface area contributed by atoms with Crippen LogP contribution in [-0.2, 0) is 12.6 Å². The lowest BCUT2D eigenvalue weighted by molar-refractivity contribution is -0.138. The molecular formula is C20H23F3N4O. The molecule has 0 radical (unpaired) electrons. The van der Waals surface area contributed by atoms with Crippen LogP contribution in [0.1, 0.15) is 46.4 Å². The SMILES string of the molecule is Cc1nc(N)ncc1C(=O)N1CCC[C@@H](CCc2ccccc2C(F)(F)F)C1. The molecule has 5 nitrogen and oxygen atoms in total. The summed E-state index contributed by atoms with van der Waals surface area (Å²) in [6, 6.07) is 5.69. The van der Waals surface area contributed by atoms with Gasteiger partial charge in [-0.25, -0.2) is 9.97 Å². The maximum Gasteiger partial charge on any atom is 0.416 e. The van der Waals surface area contributed by atoms with Gasteiger partial charge in [-0.2, -0.15) is 13.2 Å². The smallest absolute Gasteiger partial charge is 0.368 e. The Labute approximate surface area is 161 Å². The van der Waals surface area contributed by atoms with Crippen molar-refractivity contribution in [2.45, 2.75) is 38.8 Å². The van der Waals surface area contributed by atoms with Crippen molar-refractivity contribution in [2.24, 2.45) is 5.92 Å². The van der Waals surface area contributed by atoms with Crippen molar-refractivity contribution in [3.8, 4) is 0 Å². The number of alkyl halides is 3. The molecule has 8 heteroatoms. The summed E-state index contributed by atoms with van der Waals surface area (Å²) in [6.45, 7) is 2.86. The van der Waals surface area contributed by atoms with E-state index in [2.05, 4.69) is 9.97 Å². The minimum absolute atomic E-state index is 0.119. The zero-order chi connectivity index (χ0) is 20.3. The summed E-state index contributed by atoms with van der Waals surface area (Å²) < 4.78 is 39.5. The number of rotatable bonds is 4. The number of benzene rings is 1. The third-order valence-electron chi connectivity index (χ3n) is 5.18. The van der Waals surface area contributed by atoms with Crippen LogP contribution in [0.3, 0.4) is 0 Å². The Morgan fingerprint density at radius 3 is 2.79 bits per heavy atom. The topological polar surface area (TPSA) is 72.1 Å². The third kappa shape index (κ3) is 4.61. The average molecular weight is 392 g/mol. The first kappa shape index (κ1) is 20.1. The average Bonchev–Trinajstić information content (AvgIpc) is 2.66. The lowest BCUT2D eigenvalue weighted by atomic mass is 9.90. The van der Waals surface area contributed by atoms with E-state index in [0.717, 1.165) is 18.9 Å². The second kappa shape index (κ2) is 8.16. The highest BCUT2D eigenvalue weighted by Gasteiger charge is 2.33. The Morgan fingerprint density at radius 1 is 1.32 bits per heavy atom. The largest absolute Gasteiger partial charge is 0.416 e. The van der Waals surface area contributed by atoms with E-state index in [1.165, 1.54) is 18.3 Å². The highest BCUT2D eigenvalue weighted by Crippen LogP contribution is 2.33. The molecule has 28 heavy (non-hydrogen) atoms. The Hall–Kier alpha value is -2.64. The van der Waals surface area contributed by atoms with Crippen molar-refractivity contribution in [1.82, 2.24) is 14.9 Å². The van der Waals surface area contributed by atoms with Gasteiger partial charge in [-0.15, -0.1) is 0 Å². The van der Waals surface area contributed by atoms with Crippen LogP contribution < -0.4 is 5.73 Å². The number of aromatic nitrogens is 2. The molecule has 0 spiro atoms. The van der Waals surface area contributed by atoms with Crippen LogP contribution in [0.15, 0.2) is 30.5 Å². The zero-order valence-electron chi connectivity index (χ0n) is 15.7. The van der Waals surface area contributed by atoms with Crippen molar-refractivity contribution in [1.29, 1.82) is 0 Å². The van der Waals surface area contributed by atoms with Crippen LogP contribution in [-0.4, -0.2) is 33.9 Å². The number of nitrogen functional groups attached to an aromatic ring is 1. The van der Waals surface area contributed by atoms with Gasteiger partial charge in [-0.1, -0.05) is 18.2 Å². The van der Waals surface area contributed by atoms with Crippen molar-refractivity contribution >= 4 is 11.9 Å². The molecule has 1 fully saturated rings. The molecule has 1 aromatic heterocycles. The van der Waals surface area contributed by atoms with Gasteiger partial charge in [0.1, 0.15) is 0 Å². The molecule has 1 atom stereocenters.